The highest BCUT2D eigenvalue weighted by Crippen LogP contribution is 2.28. The minimum Gasteiger partial charge on any atom is -0.494 e. The van der Waals surface area contributed by atoms with Crippen LogP contribution in [0.5, 0.6) is 5.75 Å². The summed E-state index contributed by atoms with van der Waals surface area (Å²) in [5.41, 5.74) is 6.77. The second-order valence-electron chi connectivity index (χ2n) is 4.70. The predicted octanol–water partition coefficient (Wildman–Crippen LogP) is 1.95. The topological polar surface area (TPSA) is 90.1 Å². The van der Waals surface area contributed by atoms with Gasteiger partial charge in [-0.2, -0.15) is 0 Å². The number of aromatic nitrogens is 2. The number of ether oxygens (including phenoxy) is 1. The molecule has 0 saturated carbocycles. The summed E-state index contributed by atoms with van der Waals surface area (Å²) >= 11 is 0. The summed E-state index contributed by atoms with van der Waals surface area (Å²) in [6.45, 7) is 6.45. The molecule has 0 aliphatic heterocycles. The second-order valence-corrected chi connectivity index (χ2v) is 4.70. The van der Waals surface area contributed by atoms with Crippen molar-refractivity contribution in [2.45, 2.75) is 26.8 Å². The van der Waals surface area contributed by atoms with Gasteiger partial charge in [0, 0.05) is 17.5 Å². The molecule has 0 radical (unpaired) electrons. The molecule has 0 atom stereocenters. The first-order valence-electron chi connectivity index (χ1n) is 6.52. The van der Waals surface area contributed by atoms with Crippen LogP contribution in [-0.2, 0) is 0 Å². The molecule has 0 fully saturated rings. The zero-order valence-electron chi connectivity index (χ0n) is 11.8. The van der Waals surface area contributed by atoms with Crippen LogP contribution in [-0.4, -0.2) is 28.8 Å². The van der Waals surface area contributed by atoms with E-state index in [0.29, 0.717) is 17.8 Å². The van der Waals surface area contributed by atoms with Crippen molar-refractivity contribution in [2.75, 3.05) is 11.9 Å². The maximum Gasteiger partial charge on any atom is 0.271 e. The number of benzene rings is 1. The molecule has 2 aromatic rings. The van der Waals surface area contributed by atoms with E-state index in [2.05, 4.69) is 15.5 Å². The van der Waals surface area contributed by atoms with Crippen molar-refractivity contribution >= 4 is 22.5 Å². The smallest absolute Gasteiger partial charge is 0.271 e. The summed E-state index contributed by atoms with van der Waals surface area (Å²) < 4.78 is 5.43. The first-order chi connectivity index (χ1) is 9.52. The van der Waals surface area contributed by atoms with Gasteiger partial charge in [-0.05, 0) is 32.9 Å². The van der Waals surface area contributed by atoms with Crippen LogP contribution in [0.3, 0.4) is 0 Å². The van der Waals surface area contributed by atoms with E-state index in [-0.39, 0.29) is 11.7 Å². The van der Waals surface area contributed by atoms with E-state index in [9.17, 15) is 4.79 Å². The zero-order valence-corrected chi connectivity index (χ0v) is 11.8. The van der Waals surface area contributed by atoms with Crippen molar-refractivity contribution in [2.24, 2.45) is 5.73 Å². The van der Waals surface area contributed by atoms with E-state index >= 15 is 0 Å². The Morgan fingerprint density at radius 3 is 2.75 bits per heavy atom. The van der Waals surface area contributed by atoms with Gasteiger partial charge < -0.3 is 15.8 Å². The van der Waals surface area contributed by atoms with E-state index in [4.69, 9.17) is 10.5 Å². The average Bonchev–Trinajstić information content (AvgIpc) is 2.38. The van der Waals surface area contributed by atoms with Crippen LogP contribution in [0, 0.1) is 0 Å². The molecule has 106 valence electrons. The van der Waals surface area contributed by atoms with Crippen molar-refractivity contribution < 1.29 is 9.53 Å². The molecule has 6 nitrogen and oxygen atoms in total. The Bertz CT molecular complexity index is 640. The summed E-state index contributed by atoms with van der Waals surface area (Å²) in [6.07, 6.45) is 0. The Morgan fingerprint density at radius 2 is 2.15 bits per heavy atom. The zero-order chi connectivity index (χ0) is 14.7. The molecule has 0 spiro atoms. The molecule has 0 aliphatic carbocycles. The van der Waals surface area contributed by atoms with E-state index in [1.54, 1.807) is 6.07 Å². The molecule has 1 heterocycles. The van der Waals surface area contributed by atoms with Crippen LogP contribution in [0.15, 0.2) is 18.2 Å². The van der Waals surface area contributed by atoms with Gasteiger partial charge in [-0.3, -0.25) is 4.79 Å². The fraction of sp³-hybridized carbons (Fsp3) is 0.357. The lowest BCUT2D eigenvalue weighted by Gasteiger charge is -2.15. The summed E-state index contributed by atoms with van der Waals surface area (Å²) in [4.78, 5) is 11.5. The van der Waals surface area contributed by atoms with E-state index in [1.807, 2.05) is 32.9 Å². The molecule has 6 heteroatoms. The first-order valence-corrected chi connectivity index (χ1v) is 6.52. The van der Waals surface area contributed by atoms with Gasteiger partial charge >= 0.3 is 0 Å². The molecule has 0 unspecified atom stereocenters. The lowest BCUT2D eigenvalue weighted by atomic mass is 10.1. The summed E-state index contributed by atoms with van der Waals surface area (Å²) in [5, 5.41) is 12.0. The molecular formula is C14H18N4O2. The molecule has 1 amide bonds. The van der Waals surface area contributed by atoms with Gasteiger partial charge in [0.25, 0.3) is 5.91 Å². The highest BCUT2D eigenvalue weighted by Gasteiger charge is 2.16. The van der Waals surface area contributed by atoms with E-state index in [0.717, 1.165) is 11.1 Å². The highest BCUT2D eigenvalue weighted by molar-refractivity contribution is 6.04. The molecular weight excluding hydrogens is 256 g/mol. The number of nitrogens with one attached hydrogen (secondary N) is 1. The Kier molecular flexibility index (Phi) is 4.02. The largest absolute Gasteiger partial charge is 0.494 e. The second kappa shape index (κ2) is 5.73. The van der Waals surface area contributed by atoms with Crippen LogP contribution in [0.1, 0.15) is 31.3 Å². The van der Waals surface area contributed by atoms with Crippen LogP contribution >= 0.6 is 0 Å². The number of amides is 1. The van der Waals surface area contributed by atoms with Gasteiger partial charge in [-0.15, -0.1) is 10.2 Å². The molecule has 0 aliphatic rings. The van der Waals surface area contributed by atoms with Crippen molar-refractivity contribution in [3.63, 3.8) is 0 Å². The van der Waals surface area contributed by atoms with Gasteiger partial charge in [-0.1, -0.05) is 0 Å². The number of hydrogen-bond acceptors (Lipinski definition) is 5. The minimum atomic E-state index is -0.601. The molecule has 3 N–H and O–H groups in total. The highest BCUT2D eigenvalue weighted by atomic mass is 16.5. The molecule has 0 bridgehead atoms. The van der Waals surface area contributed by atoms with Gasteiger partial charge in [0.1, 0.15) is 5.75 Å². The Labute approximate surface area is 117 Å². The molecule has 1 aromatic carbocycles. The maximum absolute atomic E-state index is 11.5. The molecule has 0 saturated heterocycles. The number of primary amides is 1. The number of hydrogen-bond donors (Lipinski definition) is 2. The van der Waals surface area contributed by atoms with E-state index < -0.39 is 5.91 Å². The summed E-state index contributed by atoms with van der Waals surface area (Å²) in [6, 6.07) is 5.63. The van der Waals surface area contributed by atoms with Crippen molar-refractivity contribution in [3.8, 4) is 5.75 Å². The third-order valence-corrected chi connectivity index (χ3v) is 2.71. The van der Waals surface area contributed by atoms with E-state index in [1.165, 1.54) is 0 Å². The molecule has 1 aromatic heterocycles. The standard InChI is InChI=1S/C14H18N4O2/c1-4-20-9-5-6-10-11(7-9)17-18-13(14(15)19)12(10)16-8(2)3/h5-8H,4H2,1-3H3,(H2,15,19)(H,16,17). The summed E-state index contributed by atoms with van der Waals surface area (Å²) in [5.74, 6) is 0.119. The average molecular weight is 274 g/mol. The number of anilines is 1. The maximum atomic E-state index is 11.5. The third-order valence-electron chi connectivity index (χ3n) is 2.71. The van der Waals surface area contributed by atoms with Crippen molar-refractivity contribution in [1.29, 1.82) is 0 Å². The number of nitrogens with zero attached hydrogens (tertiary/aromatic N) is 2. The van der Waals surface area contributed by atoms with Crippen LogP contribution in [0.2, 0.25) is 0 Å². The number of carbonyl (C=O) groups is 1. The number of fused-ring (bicyclic) bond motifs is 1. The molecule has 2 rings (SSSR count). The first kappa shape index (κ1) is 14.0. The van der Waals surface area contributed by atoms with Crippen LogP contribution in [0.25, 0.3) is 10.9 Å². The Hall–Kier alpha value is -2.37. The number of carbonyl (C=O) groups excluding carboxylic acids is 1. The predicted molar refractivity (Wildman–Crippen MR) is 78.0 cm³/mol. The monoisotopic (exact) mass is 274 g/mol. The minimum absolute atomic E-state index is 0.145. The fourth-order valence-electron chi connectivity index (χ4n) is 1.95. The Balaban J connectivity index is 2.61. The lowest BCUT2D eigenvalue weighted by molar-refractivity contribution is 0.0995. The van der Waals surface area contributed by atoms with Gasteiger partial charge in [-0.25, -0.2) is 0 Å². The number of rotatable bonds is 5. The fourth-order valence-corrected chi connectivity index (χ4v) is 1.95. The van der Waals surface area contributed by atoms with Crippen LogP contribution < -0.4 is 15.8 Å². The molecule has 20 heavy (non-hydrogen) atoms. The van der Waals surface area contributed by atoms with Gasteiger partial charge in [0.2, 0.25) is 0 Å². The van der Waals surface area contributed by atoms with Crippen molar-refractivity contribution in [3.05, 3.63) is 23.9 Å². The summed E-state index contributed by atoms with van der Waals surface area (Å²) in [7, 11) is 0. The third kappa shape index (κ3) is 2.79. The Morgan fingerprint density at radius 1 is 1.40 bits per heavy atom. The quantitative estimate of drug-likeness (QED) is 0.869. The normalized spacial score (nSPS) is 10.8. The lowest BCUT2D eigenvalue weighted by Crippen LogP contribution is -2.20. The van der Waals surface area contributed by atoms with Crippen molar-refractivity contribution in [1.82, 2.24) is 10.2 Å². The SMILES string of the molecule is CCOc1ccc2c(NC(C)C)c(C(N)=O)nnc2c1. The van der Waals surface area contributed by atoms with Gasteiger partial charge in [0.15, 0.2) is 5.69 Å². The number of nitrogens with two attached hydrogens (primary N) is 1. The van der Waals surface area contributed by atoms with Gasteiger partial charge in [0.05, 0.1) is 17.8 Å². The van der Waals surface area contributed by atoms with Crippen LogP contribution in [0.4, 0.5) is 5.69 Å².